The van der Waals surface area contributed by atoms with Crippen LogP contribution in [0.3, 0.4) is 0 Å². The molecule has 9 heteroatoms. The maximum atomic E-state index is 11.3. The second-order valence-electron chi connectivity index (χ2n) is 5.56. The van der Waals surface area contributed by atoms with E-state index < -0.39 is 10.0 Å². The number of hydrogen-bond acceptors (Lipinski definition) is 6. The first kappa shape index (κ1) is 20.0. The highest BCUT2D eigenvalue weighted by Crippen LogP contribution is 2.25. The zero-order valence-electron chi connectivity index (χ0n) is 14.2. The van der Waals surface area contributed by atoms with Gasteiger partial charge in [0, 0.05) is 44.5 Å². The Balaban J connectivity index is 0.000000891. The summed E-state index contributed by atoms with van der Waals surface area (Å²) in [5, 5.41) is 8.89. The molecule has 1 fully saturated rings. The van der Waals surface area contributed by atoms with Gasteiger partial charge in [-0.1, -0.05) is 0 Å². The zero-order chi connectivity index (χ0) is 18.2. The molecule has 0 radical (unpaired) electrons. The highest BCUT2D eigenvalue weighted by molar-refractivity contribution is 7.92. The number of nitrogens with zero attached hydrogens (tertiary/aromatic N) is 2. The van der Waals surface area contributed by atoms with Gasteiger partial charge >= 0.3 is 0 Å². The summed E-state index contributed by atoms with van der Waals surface area (Å²) in [5.41, 5.74) is 1.45. The highest BCUT2D eigenvalue weighted by Gasteiger charge is 2.23. The molecule has 0 bridgehead atoms. The van der Waals surface area contributed by atoms with Crippen LogP contribution < -0.4 is 9.62 Å². The SMILES string of the molecule is COC.CS(=O)(=O)Nc1ccc(N2CCB(C#N)CC2)cc1C=O. The van der Waals surface area contributed by atoms with Gasteiger partial charge in [0.25, 0.3) is 6.71 Å². The van der Waals surface area contributed by atoms with Gasteiger partial charge in [-0.2, -0.15) is 0 Å². The molecule has 0 aliphatic carbocycles. The van der Waals surface area contributed by atoms with Crippen molar-refractivity contribution in [3.8, 4) is 5.97 Å². The first-order chi connectivity index (χ1) is 11.3. The van der Waals surface area contributed by atoms with E-state index in [1.807, 2.05) is 0 Å². The van der Waals surface area contributed by atoms with Crippen LogP contribution in [0, 0.1) is 11.2 Å². The molecule has 0 amide bonds. The number of carbonyl (C=O) groups excluding carboxylic acids is 1. The van der Waals surface area contributed by atoms with Crippen molar-refractivity contribution in [1.29, 1.82) is 5.26 Å². The van der Waals surface area contributed by atoms with Crippen LogP contribution in [0.1, 0.15) is 10.4 Å². The van der Waals surface area contributed by atoms with Crippen molar-refractivity contribution >= 4 is 34.4 Å². The van der Waals surface area contributed by atoms with Crippen molar-refractivity contribution in [3.05, 3.63) is 23.8 Å². The lowest BCUT2D eigenvalue weighted by Gasteiger charge is -2.30. The molecular weight excluding hydrogens is 329 g/mol. The Morgan fingerprint density at radius 3 is 2.38 bits per heavy atom. The number of hydrogen-bond donors (Lipinski definition) is 1. The summed E-state index contributed by atoms with van der Waals surface area (Å²) in [5.74, 6) is 2.27. The summed E-state index contributed by atoms with van der Waals surface area (Å²) in [4.78, 5) is 13.3. The van der Waals surface area contributed by atoms with Crippen molar-refractivity contribution in [2.45, 2.75) is 12.6 Å². The molecule has 1 aliphatic rings. The summed E-state index contributed by atoms with van der Waals surface area (Å²) in [7, 11) is -0.167. The molecule has 130 valence electrons. The molecule has 1 aromatic rings. The number of rotatable bonds is 4. The van der Waals surface area contributed by atoms with E-state index in [0.717, 1.165) is 37.7 Å². The maximum absolute atomic E-state index is 11.3. The van der Waals surface area contributed by atoms with E-state index in [4.69, 9.17) is 5.26 Å². The Hall–Kier alpha value is -2.05. The minimum atomic E-state index is -3.42. The number of anilines is 2. The van der Waals surface area contributed by atoms with Gasteiger partial charge in [-0.25, -0.2) is 13.7 Å². The molecular formula is C15H22BN3O4S. The molecule has 0 atom stereocenters. The van der Waals surface area contributed by atoms with E-state index >= 15 is 0 Å². The van der Waals surface area contributed by atoms with E-state index in [0.29, 0.717) is 11.8 Å². The summed E-state index contributed by atoms with van der Waals surface area (Å²) < 4.78 is 29.1. The van der Waals surface area contributed by atoms with Crippen LogP contribution in [0.25, 0.3) is 0 Å². The fraction of sp³-hybridized carbons (Fsp3) is 0.467. The van der Waals surface area contributed by atoms with E-state index in [1.54, 1.807) is 32.4 Å². The number of aldehydes is 1. The fourth-order valence-electron chi connectivity index (χ4n) is 2.40. The summed E-state index contributed by atoms with van der Waals surface area (Å²) in [6.07, 6.45) is 3.29. The molecule has 1 heterocycles. The average Bonchev–Trinajstić information content (AvgIpc) is 2.55. The van der Waals surface area contributed by atoms with Gasteiger partial charge in [0.15, 0.2) is 6.29 Å². The Labute approximate surface area is 143 Å². The van der Waals surface area contributed by atoms with Gasteiger partial charge < -0.3 is 9.64 Å². The Kier molecular flexibility index (Phi) is 7.75. The zero-order valence-corrected chi connectivity index (χ0v) is 15.0. The van der Waals surface area contributed by atoms with Crippen molar-refractivity contribution in [2.75, 3.05) is 43.2 Å². The Bertz CT molecular complexity index is 695. The van der Waals surface area contributed by atoms with Crippen molar-refractivity contribution in [1.82, 2.24) is 0 Å². The van der Waals surface area contributed by atoms with Gasteiger partial charge in [0.1, 0.15) is 0 Å². The number of carbonyl (C=O) groups is 1. The largest absolute Gasteiger partial charge is 0.388 e. The molecule has 1 saturated heterocycles. The standard InChI is InChI=1S/C13H16BN3O3S.C2H6O/c1-21(19,20)16-13-3-2-12(8-11(13)9-18)17-6-4-14(10-15)5-7-17;1-3-2/h2-3,8-9,16H,4-7H2,1H3;1-2H3. The molecule has 24 heavy (non-hydrogen) atoms. The molecule has 0 aromatic heterocycles. The van der Waals surface area contributed by atoms with Crippen LogP contribution in [0.4, 0.5) is 11.4 Å². The van der Waals surface area contributed by atoms with Crippen molar-refractivity contribution in [3.63, 3.8) is 0 Å². The Morgan fingerprint density at radius 1 is 1.33 bits per heavy atom. The quantitative estimate of drug-likeness (QED) is 0.652. The second-order valence-corrected chi connectivity index (χ2v) is 7.31. The van der Waals surface area contributed by atoms with E-state index in [9.17, 15) is 13.2 Å². The molecule has 0 unspecified atom stereocenters. The van der Waals surface area contributed by atoms with Gasteiger partial charge in [-0.15, -0.1) is 0 Å². The average molecular weight is 351 g/mol. The lowest BCUT2D eigenvalue weighted by atomic mass is 9.45. The highest BCUT2D eigenvalue weighted by atomic mass is 32.2. The number of ether oxygens (including phenoxy) is 1. The predicted octanol–water partition coefficient (Wildman–Crippen LogP) is 1.51. The topological polar surface area (TPSA) is 99.5 Å². The van der Waals surface area contributed by atoms with Gasteiger partial charge in [-0.05, 0) is 30.8 Å². The monoisotopic (exact) mass is 351 g/mol. The van der Waals surface area contributed by atoms with Crippen LogP contribution in [0.2, 0.25) is 12.6 Å². The normalized spacial score (nSPS) is 14.2. The fourth-order valence-corrected chi connectivity index (χ4v) is 2.99. The smallest absolute Gasteiger partial charge is 0.271 e. The molecule has 1 aliphatic heterocycles. The first-order valence-corrected chi connectivity index (χ1v) is 9.35. The molecule has 1 N–H and O–H groups in total. The lowest BCUT2D eigenvalue weighted by molar-refractivity contribution is 0.112. The minimum Gasteiger partial charge on any atom is -0.388 e. The van der Waals surface area contributed by atoms with E-state index in [2.05, 4.69) is 20.3 Å². The number of nitriles is 1. The third kappa shape index (κ3) is 6.22. The van der Waals surface area contributed by atoms with Crippen LogP contribution in [-0.4, -0.2) is 55.0 Å². The van der Waals surface area contributed by atoms with Crippen molar-refractivity contribution in [2.24, 2.45) is 0 Å². The van der Waals surface area contributed by atoms with Crippen LogP contribution in [0.5, 0.6) is 0 Å². The van der Waals surface area contributed by atoms with Crippen LogP contribution >= 0.6 is 0 Å². The lowest BCUT2D eigenvalue weighted by Crippen LogP contribution is -2.36. The third-order valence-electron chi connectivity index (χ3n) is 3.50. The summed E-state index contributed by atoms with van der Waals surface area (Å²) in [6.45, 7) is 1.61. The minimum absolute atomic E-state index is 0.0953. The molecule has 1 aromatic carbocycles. The molecule has 0 spiro atoms. The number of sulfonamides is 1. The van der Waals surface area contributed by atoms with E-state index in [1.165, 1.54) is 0 Å². The van der Waals surface area contributed by atoms with Gasteiger partial charge in [0.2, 0.25) is 10.0 Å². The maximum Gasteiger partial charge on any atom is 0.271 e. The number of benzene rings is 1. The first-order valence-electron chi connectivity index (χ1n) is 7.46. The number of methoxy groups -OCH3 is 1. The molecule has 7 nitrogen and oxygen atoms in total. The summed E-state index contributed by atoms with van der Waals surface area (Å²) in [6, 6.07) is 5.05. The predicted molar refractivity (Wildman–Crippen MR) is 96.4 cm³/mol. The van der Waals surface area contributed by atoms with Crippen molar-refractivity contribution < 1.29 is 17.9 Å². The second kappa shape index (κ2) is 9.30. The number of nitrogens with one attached hydrogen (secondary N) is 1. The Morgan fingerprint density at radius 2 is 1.92 bits per heavy atom. The van der Waals surface area contributed by atoms with E-state index in [-0.39, 0.29) is 12.4 Å². The third-order valence-corrected chi connectivity index (χ3v) is 4.09. The van der Waals surface area contributed by atoms with Gasteiger partial charge in [0.05, 0.1) is 11.9 Å². The summed E-state index contributed by atoms with van der Waals surface area (Å²) >= 11 is 0. The van der Waals surface area contributed by atoms with Crippen LogP contribution in [0.15, 0.2) is 18.2 Å². The van der Waals surface area contributed by atoms with Crippen LogP contribution in [-0.2, 0) is 14.8 Å². The molecule has 0 saturated carbocycles. The van der Waals surface area contributed by atoms with Gasteiger partial charge in [-0.3, -0.25) is 9.52 Å². The molecule has 2 rings (SSSR count).